The van der Waals surface area contributed by atoms with Gasteiger partial charge in [0.25, 0.3) is 5.91 Å². The van der Waals surface area contributed by atoms with Crippen molar-refractivity contribution in [3.8, 4) is 0 Å². The molecule has 4 heteroatoms. The summed E-state index contributed by atoms with van der Waals surface area (Å²) in [6.07, 6.45) is 8.62. The fourth-order valence-electron chi connectivity index (χ4n) is 4.35. The Morgan fingerprint density at radius 1 is 1.29 bits per heavy atom. The van der Waals surface area contributed by atoms with Gasteiger partial charge in [0.15, 0.2) is 0 Å². The van der Waals surface area contributed by atoms with Crippen molar-refractivity contribution in [3.05, 3.63) is 21.4 Å². The Morgan fingerprint density at radius 3 is 3.05 bits per heavy atom. The quantitative estimate of drug-likeness (QED) is 0.866. The summed E-state index contributed by atoms with van der Waals surface area (Å²) in [6.45, 7) is 1.46. The van der Waals surface area contributed by atoms with Crippen molar-refractivity contribution in [3.63, 3.8) is 0 Å². The Labute approximate surface area is 130 Å². The van der Waals surface area contributed by atoms with Crippen LogP contribution in [0, 0.1) is 5.92 Å². The lowest BCUT2D eigenvalue weighted by Crippen LogP contribution is -2.54. The number of carbonyl (C=O) groups is 1. The first-order valence-corrected chi connectivity index (χ1v) is 9.11. The van der Waals surface area contributed by atoms with Crippen molar-refractivity contribution >= 4 is 17.2 Å². The largest absolute Gasteiger partial charge is 0.389 e. The zero-order valence-electron chi connectivity index (χ0n) is 12.4. The standard InChI is InChI=1S/C17H23NO2S/c19-16(15-10-12-4-3-6-14(12)21-15)18-9-8-17(20)7-2-1-5-13(17)11-18/h10,13,20H,1-9,11H2. The number of thiophene rings is 1. The lowest BCUT2D eigenvalue weighted by molar-refractivity contribution is -0.0885. The number of amides is 1. The van der Waals surface area contributed by atoms with E-state index in [1.807, 2.05) is 4.90 Å². The van der Waals surface area contributed by atoms with Gasteiger partial charge < -0.3 is 10.0 Å². The van der Waals surface area contributed by atoms with Gasteiger partial charge in [-0.05, 0) is 50.2 Å². The third kappa shape index (κ3) is 2.33. The molecule has 3 aliphatic rings. The van der Waals surface area contributed by atoms with E-state index in [4.69, 9.17) is 0 Å². The van der Waals surface area contributed by atoms with Crippen molar-refractivity contribution < 1.29 is 9.90 Å². The van der Waals surface area contributed by atoms with E-state index in [-0.39, 0.29) is 11.8 Å². The number of carbonyl (C=O) groups excluding carboxylic acids is 1. The van der Waals surface area contributed by atoms with Crippen LogP contribution in [0.1, 0.15) is 58.6 Å². The summed E-state index contributed by atoms with van der Waals surface area (Å²) in [4.78, 5) is 17.1. The molecule has 1 amide bonds. The first kappa shape index (κ1) is 13.8. The smallest absolute Gasteiger partial charge is 0.263 e. The van der Waals surface area contributed by atoms with E-state index in [0.29, 0.717) is 6.54 Å². The summed E-state index contributed by atoms with van der Waals surface area (Å²) in [5.74, 6) is 0.484. The normalized spacial score (nSPS) is 31.9. The molecular formula is C17H23NO2S. The number of rotatable bonds is 1. The van der Waals surface area contributed by atoms with Crippen LogP contribution in [-0.2, 0) is 12.8 Å². The van der Waals surface area contributed by atoms with Crippen LogP contribution in [0.4, 0.5) is 0 Å². The van der Waals surface area contributed by atoms with Crippen LogP contribution in [-0.4, -0.2) is 34.6 Å². The maximum absolute atomic E-state index is 12.7. The molecule has 21 heavy (non-hydrogen) atoms. The van der Waals surface area contributed by atoms with Gasteiger partial charge in [-0.1, -0.05) is 12.8 Å². The van der Waals surface area contributed by atoms with Crippen molar-refractivity contribution in [1.82, 2.24) is 4.90 Å². The van der Waals surface area contributed by atoms with Gasteiger partial charge in [0, 0.05) is 23.9 Å². The highest BCUT2D eigenvalue weighted by Crippen LogP contribution is 2.40. The monoisotopic (exact) mass is 305 g/mol. The fraction of sp³-hybridized carbons (Fsp3) is 0.706. The Kier molecular flexibility index (Phi) is 3.34. The van der Waals surface area contributed by atoms with Crippen LogP contribution in [0.3, 0.4) is 0 Å². The fourth-order valence-corrected chi connectivity index (χ4v) is 5.57. The van der Waals surface area contributed by atoms with Gasteiger partial charge in [-0.3, -0.25) is 4.79 Å². The minimum Gasteiger partial charge on any atom is -0.389 e. The lowest BCUT2D eigenvalue weighted by atomic mass is 9.71. The number of aryl methyl sites for hydroxylation is 2. The molecule has 4 rings (SSSR count). The number of hydrogen-bond donors (Lipinski definition) is 1. The van der Waals surface area contributed by atoms with Crippen LogP contribution < -0.4 is 0 Å². The van der Waals surface area contributed by atoms with Gasteiger partial charge in [0.2, 0.25) is 0 Å². The number of hydrogen-bond acceptors (Lipinski definition) is 3. The topological polar surface area (TPSA) is 40.5 Å². The molecule has 2 atom stereocenters. The predicted molar refractivity (Wildman–Crippen MR) is 83.8 cm³/mol. The zero-order valence-corrected chi connectivity index (χ0v) is 13.3. The molecule has 2 aliphatic carbocycles. The second kappa shape index (κ2) is 5.10. The lowest BCUT2D eigenvalue weighted by Gasteiger charge is -2.47. The number of nitrogens with zero attached hydrogens (tertiary/aromatic N) is 1. The summed E-state index contributed by atoms with van der Waals surface area (Å²) in [5, 5.41) is 10.7. The molecule has 1 saturated carbocycles. The molecule has 2 heterocycles. The van der Waals surface area contributed by atoms with E-state index in [1.54, 1.807) is 11.3 Å². The highest BCUT2D eigenvalue weighted by molar-refractivity contribution is 7.14. The van der Waals surface area contributed by atoms with Gasteiger partial charge in [-0.2, -0.15) is 0 Å². The molecule has 3 nitrogen and oxygen atoms in total. The number of fused-ring (bicyclic) bond motifs is 2. The molecule has 1 aromatic heterocycles. The van der Waals surface area contributed by atoms with Gasteiger partial charge in [-0.25, -0.2) is 0 Å². The summed E-state index contributed by atoms with van der Waals surface area (Å²) in [7, 11) is 0. The van der Waals surface area contributed by atoms with E-state index in [2.05, 4.69) is 6.07 Å². The van der Waals surface area contributed by atoms with Crippen molar-refractivity contribution in [2.75, 3.05) is 13.1 Å². The molecule has 2 unspecified atom stereocenters. The van der Waals surface area contributed by atoms with E-state index >= 15 is 0 Å². The number of piperidine rings is 1. The molecule has 1 saturated heterocycles. The van der Waals surface area contributed by atoms with E-state index < -0.39 is 5.60 Å². The number of aliphatic hydroxyl groups is 1. The Bertz CT molecular complexity index is 546. The SMILES string of the molecule is O=C(c1cc2c(s1)CCC2)N1CCC2(O)CCCCC2C1. The Hall–Kier alpha value is -0.870. The first-order valence-electron chi connectivity index (χ1n) is 8.29. The van der Waals surface area contributed by atoms with Crippen LogP contribution in [0.5, 0.6) is 0 Å². The average Bonchev–Trinajstić information content (AvgIpc) is 3.06. The van der Waals surface area contributed by atoms with Crippen LogP contribution in [0.25, 0.3) is 0 Å². The summed E-state index contributed by atoms with van der Waals surface area (Å²) in [6, 6.07) is 2.12. The van der Waals surface area contributed by atoms with Gasteiger partial charge in [0.1, 0.15) is 0 Å². The van der Waals surface area contributed by atoms with Crippen molar-refractivity contribution in [1.29, 1.82) is 0 Å². The molecule has 1 N–H and O–H groups in total. The van der Waals surface area contributed by atoms with Gasteiger partial charge >= 0.3 is 0 Å². The Morgan fingerprint density at radius 2 is 2.19 bits per heavy atom. The van der Waals surface area contributed by atoms with E-state index in [0.717, 1.165) is 49.9 Å². The van der Waals surface area contributed by atoms with E-state index in [1.165, 1.54) is 23.3 Å². The molecule has 114 valence electrons. The maximum atomic E-state index is 12.7. The van der Waals surface area contributed by atoms with Gasteiger partial charge in [-0.15, -0.1) is 11.3 Å². The average molecular weight is 305 g/mol. The van der Waals surface area contributed by atoms with E-state index in [9.17, 15) is 9.90 Å². The zero-order chi connectivity index (χ0) is 14.4. The van der Waals surface area contributed by atoms with Crippen molar-refractivity contribution in [2.24, 2.45) is 5.92 Å². The molecule has 1 aromatic rings. The molecule has 0 radical (unpaired) electrons. The van der Waals surface area contributed by atoms with Crippen LogP contribution in [0.2, 0.25) is 0 Å². The second-order valence-electron chi connectivity index (χ2n) is 6.96. The highest BCUT2D eigenvalue weighted by atomic mass is 32.1. The molecule has 0 spiro atoms. The molecule has 0 aromatic carbocycles. The highest BCUT2D eigenvalue weighted by Gasteiger charge is 2.44. The minimum atomic E-state index is -0.494. The predicted octanol–water partition coefficient (Wildman–Crippen LogP) is 3.00. The first-order chi connectivity index (χ1) is 10.2. The van der Waals surface area contributed by atoms with Crippen molar-refractivity contribution in [2.45, 2.75) is 57.0 Å². The molecule has 0 bridgehead atoms. The molecular weight excluding hydrogens is 282 g/mol. The third-order valence-corrected chi connectivity index (χ3v) is 6.90. The summed E-state index contributed by atoms with van der Waals surface area (Å²) < 4.78 is 0. The number of likely N-dealkylation sites (tertiary alicyclic amines) is 1. The summed E-state index contributed by atoms with van der Waals surface area (Å²) in [5.41, 5.74) is 0.904. The van der Waals surface area contributed by atoms with Crippen LogP contribution in [0.15, 0.2) is 6.07 Å². The third-order valence-electron chi connectivity index (χ3n) is 5.67. The summed E-state index contributed by atoms with van der Waals surface area (Å²) >= 11 is 1.70. The Balaban J connectivity index is 1.50. The second-order valence-corrected chi connectivity index (χ2v) is 8.10. The van der Waals surface area contributed by atoms with Gasteiger partial charge in [0.05, 0.1) is 10.5 Å². The minimum absolute atomic E-state index is 0.196. The maximum Gasteiger partial charge on any atom is 0.263 e. The molecule has 1 aliphatic heterocycles. The van der Waals surface area contributed by atoms with Crippen LogP contribution >= 0.6 is 11.3 Å². The molecule has 2 fully saturated rings.